The molecule has 5 heteroatoms. The molecule has 5 nitrogen and oxygen atoms in total. The normalized spacial score (nSPS) is 14.1. The number of carbonyl (C=O) groups excluding carboxylic acids is 1. The number of hydrogen-bond acceptors (Lipinski definition) is 5. The number of rotatable bonds is 8. The quantitative estimate of drug-likeness (QED) is 0.421. The van der Waals surface area contributed by atoms with Crippen LogP contribution in [0.2, 0.25) is 0 Å². The average molecular weight is 369 g/mol. The van der Waals surface area contributed by atoms with E-state index in [9.17, 15) is 4.79 Å². The van der Waals surface area contributed by atoms with Crippen molar-refractivity contribution in [3.8, 4) is 11.5 Å². The standard InChI is InChI=1S/C22H27NO4/c1-16-6-4-9-19(14-16)25-12-5-13-26-21-15-17(10-11-20(21)23)22(24)27-18-7-2-3-8-18/h4,6,9-11,14-15,18H,2-3,5,7-8,12-13,23H2,1H3. The van der Waals surface area contributed by atoms with Gasteiger partial charge in [0.2, 0.25) is 0 Å². The van der Waals surface area contributed by atoms with E-state index in [0.717, 1.165) is 37.0 Å². The summed E-state index contributed by atoms with van der Waals surface area (Å²) in [7, 11) is 0. The largest absolute Gasteiger partial charge is 0.493 e. The van der Waals surface area contributed by atoms with Crippen molar-refractivity contribution in [2.45, 2.75) is 45.1 Å². The number of benzene rings is 2. The van der Waals surface area contributed by atoms with Crippen molar-refractivity contribution in [2.75, 3.05) is 18.9 Å². The Labute approximate surface area is 160 Å². The summed E-state index contributed by atoms with van der Waals surface area (Å²) < 4.78 is 17.0. The predicted octanol–water partition coefficient (Wildman–Crippen LogP) is 4.52. The van der Waals surface area contributed by atoms with Crippen molar-refractivity contribution < 1.29 is 19.0 Å². The second-order valence-corrected chi connectivity index (χ2v) is 6.93. The molecule has 0 amide bonds. The first-order valence-corrected chi connectivity index (χ1v) is 9.54. The molecule has 27 heavy (non-hydrogen) atoms. The van der Waals surface area contributed by atoms with Gasteiger partial charge in [-0.3, -0.25) is 0 Å². The van der Waals surface area contributed by atoms with E-state index >= 15 is 0 Å². The van der Waals surface area contributed by atoms with E-state index in [1.807, 2.05) is 31.2 Å². The molecule has 0 unspecified atom stereocenters. The van der Waals surface area contributed by atoms with Crippen LogP contribution in [0.3, 0.4) is 0 Å². The van der Waals surface area contributed by atoms with Gasteiger partial charge in [0.25, 0.3) is 0 Å². The summed E-state index contributed by atoms with van der Waals surface area (Å²) in [5.41, 5.74) is 8.11. The number of hydrogen-bond donors (Lipinski definition) is 1. The van der Waals surface area contributed by atoms with Crippen LogP contribution in [0, 0.1) is 6.92 Å². The van der Waals surface area contributed by atoms with E-state index in [4.69, 9.17) is 19.9 Å². The minimum Gasteiger partial charge on any atom is -0.493 e. The summed E-state index contributed by atoms with van der Waals surface area (Å²) in [4.78, 5) is 12.3. The second kappa shape index (κ2) is 9.31. The first-order chi connectivity index (χ1) is 13.1. The van der Waals surface area contributed by atoms with Gasteiger partial charge in [0, 0.05) is 6.42 Å². The monoisotopic (exact) mass is 369 g/mol. The Morgan fingerprint density at radius 2 is 1.85 bits per heavy atom. The zero-order valence-corrected chi connectivity index (χ0v) is 15.8. The maximum Gasteiger partial charge on any atom is 0.338 e. The molecule has 1 fully saturated rings. The Balaban J connectivity index is 1.47. The lowest BCUT2D eigenvalue weighted by atomic mass is 10.2. The molecule has 2 aromatic carbocycles. The molecule has 3 rings (SSSR count). The van der Waals surface area contributed by atoms with Gasteiger partial charge >= 0.3 is 5.97 Å². The topological polar surface area (TPSA) is 70.8 Å². The lowest BCUT2D eigenvalue weighted by molar-refractivity contribution is 0.0317. The lowest BCUT2D eigenvalue weighted by Gasteiger charge is -2.13. The van der Waals surface area contributed by atoms with Gasteiger partial charge < -0.3 is 19.9 Å². The zero-order chi connectivity index (χ0) is 19.1. The molecule has 2 N–H and O–H groups in total. The molecule has 144 valence electrons. The maximum absolute atomic E-state index is 12.3. The van der Waals surface area contributed by atoms with E-state index < -0.39 is 0 Å². The molecule has 1 aliphatic rings. The second-order valence-electron chi connectivity index (χ2n) is 6.93. The fourth-order valence-electron chi connectivity index (χ4n) is 3.15. The number of ether oxygens (including phenoxy) is 3. The van der Waals surface area contributed by atoms with Crippen LogP contribution in [0.1, 0.15) is 48.0 Å². The number of nitrogens with two attached hydrogens (primary N) is 1. The van der Waals surface area contributed by atoms with Crippen LogP contribution in [0.4, 0.5) is 5.69 Å². The summed E-state index contributed by atoms with van der Waals surface area (Å²) in [5, 5.41) is 0. The maximum atomic E-state index is 12.3. The Kier molecular flexibility index (Phi) is 6.58. The highest BCUT2D eigenvalue weighted by atomic mass is 16.5. The molecule has 0 aliphatic heterocycles. The first kappa shape index (κ1) is 19.1. The van der Waals surface area contributed by atoms with Gasteiger partial charge in [-0.05, 0) is 68.5 Å². The van der Waals surface area contributed by atoms with Crippen LogP contribution in [0.5, 0.6) is 11.5 Å². The molecule has 0 aromatic heterocycles. The van der Waals surface area contributed by atoms with Crippen LogP contribution in [0.25, 0.3) is 0 Å². The molecular formula is C22H27NO4. The molecule has 0 bridgehead atoms. The van der Waals surface area contributed by atoms with Gasteiger partial charge in [-0.1, -0.05) is 12.1 Å². The summed E-state index contributed by atoms with van der Waals surface area (Å²) in [6.45, 7) is 3.04. The first-order valence-electron chi connectivity index (χ1n) is 9.54. The van der Waals surface area contributed by atoms with Crippen molar-refractivity contribution in [1.29, 1.82) is 0 Å². The summed E-state index contributed by atoms with van der Waals surface area (Å²) in [6, 6.07) is 13.0. The van der Waals surface area contributed by atoms with Crippen LogP contribution in [0.15, 0.2) is 42.5 Å². The molecule has 1 saturated carbocycles. The van der Waals surface area contributed by atoms with Crippen LogP contribution in [-0.2, 0) is 4.74 Å². The molecule has 0 radical (unpaired) electrons. The molecular weight excluding hydrogens is 342 g/mol. The van der Waals surface area contributed by atoms with Gasteiger partial charge in [0.15, 0.2) is 0 Å². The van der Waals surface area contributed by atoms with E-state index in [0.29, 0.717) is 36.6 Å². The molecule has 0 heterocycles. The van der Waals surface area contributed by atoms with Crippen molar-refractivity contribution in [2.24, 2.45) is 0 Å². The Hall–Kier alpha value is -2.69. The third kappa shape index (κ3) is 5.64. The number of nitrogen functional groups attached to an aromatic ring is 1. The highest BCUT2D eigenvalue weighted by molar-refractivity contribution is 5.90. The van der Waals surface area contributed by atoms with E-state index in [1.165, 1.54) is 0 Å². The molecule has 1 aliphatic carbocycles. The van der Waals surface area contributed by atoms with Crippen LogP contribution >= 0.6 is 0 Å². The van der Waals surface area contributed by atoms with Crippen LogP contribution < -0.4 is 15.2 Å². The highest BCUT2D eigenvalue weighted by Crippen LogP contribution is 2.26. The van der Waals surface area contributed by atoms with Crippen molar-refractivity contribution in [3.05, 3.63) is 53.6 Å². The number of esters is 1. The zero-order valence-electron chi connectivity index (χ0n) is 15.8. The van der Waals surface area contributed by atoms with E-state index in [1.54, 1.807) is 18.2 Å². The SMILES string of the molecule is Cc1cccc(OCCCOc2cc(C(=O)OC3CCCC3)ccc2N)c1. The number of anilines is 1. The summed E-state index contributed by atoms with van der Waals surface area (Å²) in [5.74, 6) is 1.05. The van der Waals surface area contributed by atoms with Gasteiger partial charge in [0.05, 0.1) is 24.5 Å². The third-order valence-corrected chi connectivity index (χ3v) is 4.63. The Bertz CT molecular complexity index is 769. The fourth-order valence-corrected chi connectivity index (χ4v) is 3.15. The van der Waals surface area contributed by atoms with E-state index in [2.05, 4.69) is 0 Å². The molecule has 0 saturated heterocycles. The third-order valence-electron chi connectivity index (χ3n) is 4.63. The summed E-state index contributed by atoms with van der Waals surface area (Å²) in [6.07, 6.45) is 4.90. The fraction of sp³-hybridized carbons (Fsp3) is 0.409. The van der Waals surface area contributed by atoms with Gasteiger partial charge in [-0.15, -0.1) is 0 Å². The van der Waals surface area contributed by atoms with Gasteiger partial charge in [-0.25, -0.2) is 4.79 Å². The van der Waals surface area contributed by atoms with Crippen molar-refractivity contribution in [3.63, 3.8) is 0 Å². The number of aryl methyl sites for hydroxylation is 1. The predicted molar refractivity (Wildman–Crippen MR) is 105 cm³/mol. The molecule has 2 aromatic rings. The van der Waals surface area contributed by atoms with Crippen LogP contribution in [-0.4, -0.2) is 25.3 Å². The smallest absolute Gasteiger partial charge is 0.338 e. The minimum atomic E-state index is -0.311. The Morgan fingerprint density at radius 1 is 1.07 bits per heavy atom. The average Bonchev–Trinajstić information content (AvgIpc) is 3.16. The molecule has 0 atom stereocenters. The number of carbonyl (C=O) groups is 1. The Morgan fingerprint density at radius 3 is 2.63 bits per heavy atom. The summed E-state index contributed by atoms with van der Waals surface area (Å²) >= 11 is 0. The van der Waals surface area contributed by atoms with Gasteiger partial charge in [0.1, 0.15) is 17.6 Å². The minimum absolute atomic E-state index is 0.0400. The highest BCUT2D eigenvalue weighted by Gasteiger charge is 2.20. The van der Waals surface area contributed by atoms with Crippen molar-refractivity contribution >= 4 is 11.7 Å². The van der Waals surface area contributed by atoms with Crippen molar-refractivity contribution in [1.82, 2.24) is 0 Å². The van der Waals surface area contributed by atoms with Gasteiger partial charge in [-0.2, -0.15) is 0 Å². The lowest BCUT2D eigenvalue weighted by Crippen LogP contribution is -2.15. The van der Waals surface area contributed by atoms with E-state index in [-0.39, 0.29) is 12.1 Å². The molecule has 0 spiro atoms.